The number of aryl methyl sites for hydroxylation is 1. The maximum atomic E-state index is 13.7. The minimum absolute atomic E-state index is 0.0351. The zero-order valence-electron chi connectivity index (χ0n) is 10.9. The molecule has 0 heterocycles. The van der Waals surface area contributed by atoms with Crippen molar-refractivity contribution in [3.63, 3.8) is 0 Å². The van der Waals surface area contributed by atoms with Gasteiger partial charge in [-0.05, 0) is 53.3 Å². The van der Waals surface area contributed by atoms with E-state index in [0.29, 0.717) is 3.57 Å². The monoisotopic (exact) mass is 400 g/mol. The van der Waals surface area contributed by atoms with Crippen LogP contribution < -0.4 is 5.32 Å². The van der Waals surface area contributed by atoms with Crippen molar-refractivity contribution in [2.24, 2.45) is 0 Å². The predicted octanol–water partition coefficient (Wildman–Crippen LogP) is 3.90. The third-order valence-corrected chi connectivity index (χ3v) is 3.72. The molecule has 21 heavy (non-hydrogen) atoms. The van der Waals surface area contributed by atoms with E-state index in [1.807, 2.05) is 22.6 Å². The lowest BCUT2D eigenvalue weighted by Crippen LogP contribution is -2.14. The summed E-state index contributed by atoms with van der Waals surface area (Å²) >= 11 is 1.90. The molecule has 0 spiro atoms. The number of nitro benzene ring substituents is 1. The molecule has 0 radical (unpaired) electrons. The normalized spacial score (nSPS) is 10.2. The number of nitrogens with zero attached hydrogens (tertiary/aromatic N) is 1. The van der Waals surface area contributed by atoms with Crippen molar-refractivity contribution in [3.05, 3.63) is 67.0 Å². The molecular formula is C14H10FIN2O3. The van der Waals surface area contributed by atoms with Gasteiger partial charge in [-0.1, -0.05) is 6.07 Å². The first-order valence-corrected chi connectivity index (χ1v) is 6.98. The number of amides is 1. The molecule has 0 fully saturated rings. The Morgan fingerprint density at radius 2 is 2.00 bits per heavy atom. The molecule has 0 aliphatic heterocycles. The molecule has 0 aliphatic carbocycles. The fourth-order valence-electron chi connectivity index (χ4n) is 1.71. The van der Waals surface area contributed by atoms with Crippen molar-refractivity contribution in [1.29, 1.82) is 0 Å². The summed E-state index contributed by atoms with van der Waals surface area (Å²) < 4.78 is 14.3. The Kier molecular flexibility index (Phi) is 4.51. The summed E-state index contributed by atoms with van der Waals surface area (Å²) in [4.78, 5) is 22.3. The van der Waals surface area contributed by atoms with Gasteiger partial charge in [-0.15, -0.1) is 0 Å². The summed E-state index contributed by atoms with van der Waals surface area (Å²) in [5.41, 5.74) is 0.707. The summed E-state index contributed by atoms with van der Waals surface area (Å²) in [6.45, 7) is 1.73. The molecule has 0 saturated heterocycles. The van der Waals surface area contributed by atoms with Crippen LogP contribution in [0.4, 0.5) is 15.8 Å². The highest BCUT2D eigenvalue weighted by Gasteiger charge is 2.16. The van der Waals surface area contributed by atoms with Gasteiger partial charge in [-0.3, -0.25) is 14.9 Å². The number of benzene rings is 2. The van der Waals surface area contributed by atoms with Gasteiger partial charge in [0.25, 0.3) is 11.6 Å². The molecule has 5 nitrogen and oxygen atoms in total. The SMILES string of the molecule is Cc1ccc(NC(=O)c2cc([N+](=O)[O-])ccc2I)c(F)c1. The molecule has 0 unspecified atom stereocenters. The van der Waals surface area contributed by atoms with Crippen LogP contribution in [-0.4, -0.2) is 10.8 Å². The quantitative estimate of drug-likeness (QED) is 0.483. The molecule has 1 N–H and O–H groups in total. The van der Waals surface area contributed by atoms with Crippen molar-refractivity contribution in [3.8, 4) is 0 Å². The molecule has 2 aromatic rings. The lowest BCUT2D eigenvalue weighted by atomic mass is 10.1. The summed E-state index contributed by atoms with van der Waals surface area (Å²) in [6, 6.07) is 8.37. The van der Waals surface area contributed by atoms with Gasteiger partial charge in [0, 0.05) is 15.7 Å². The van der Waals surface area contributed by atoms with Gasteiger partial charge in [0.1, 0.15) is 5.82 Å². The van der Waals surface area contributed by atoms with Crippen LogP contribution in [0.1, 0.15) is 15.9 Å². The highest BCUT2D eigenvalue weighted by molar-refractivity contribution is 14.1. The molecule has 0 saturated carbocycles. The van der Waals surface area contributed by atoms with Crippen LogP contribution in [0.2, 0.25) is 0 Å². The number of nitrogens with one attached hydrogen (secondary N) is 1. The third-order valence-electron chi connectivity index (χ3n) is 2.78. The maximum Gasteiger partial charge on any atom is 0.270 e. The van der Waals surface area contributed by atoms with Crippen molar-refractivity contribution < 1.29 is 14.1 Å². The number of carbonyl (C=O) groups is 1. The first kappa shape index (κ1) is 15.4. The molecule has 0 bridgehead atoms. The number of non-ortho nitro benzene ring substituents is 1. The first-order chi connectivity index (χ1) is 9.88. The first-order valence-electron chi connectivity index (χ1n) is 5.90. The molecule has 2 rings (SSSR count). The Labute approximate surface area is 133 Å². The number of hydrogen-bond donors (Lipinski definition) is 1. The maximum absolute atomic E-state index is 13.7. The zero-order chi connectivity index (χ0) is 15.6. The largest absolute Gasteiger partial charge is 0.319 e. The summed E-state index contributed by atoms with van der Waals surface area (Å²) in [6.07, 6.45) is 0. The van der Waals surface area contributed by atoms with Crippen molar-refractivity contribution in [1.82, 2.24) is 0 Å². The Bertz CT molecular complexity index is 734. The van der Waals surface area contributed by atoms with Crippen LogP contribution in [0.15, 0.2) is 36.4 Å². The minimum Gasteiger partial charge on any atom is -0.319 e. The van der Waals surface area contributed by atoms with Gasteiger partial charge in [0.2, 0.25) is 0 Å². The lowest BCUT2D eigenvalue weighted by Gasteiger charge is -2.08. The van der Waals surface area contributed by atoms with Gasteiger partial charge in [-0.2, -0.15) is 0 Å². The fraction of sp³-hybridized carbons (Fsp3) is 0.0714. The number of rotatable bonds is 3. The molecule has 1 amide bonds. The van der Waals surface area contributed by atoms with Crippen LogP contribution in [0, 0.1) is 26.4 Å². The van der Waals surface area contributed by atoms with Crippen LogP contribution in [0.25, 0.3) is 0 Å². The summed E-state index contributed by atoms with van der Waals surface area (Å²) in [5.74, 6) is -1.14. The third kappa shape index (κ3) is 3.54. The van der Waals surface area contributed by atoms with Crippen LogP contribution in [0.3, 0.4) is 0 Å². The van der Waals surface area contributed by atoms with Crippen LogP contribution in [-0.2, 0) is 0 Å². The highest BCUT2D eigenvalue weighted by atomic mass is 127. The Morgan fingerprint density at radius 3 is 2.62 bits per heavy atom. The van der Waals surface area contributed by atoms with Crippen molar-refractivity contribution >= 4 is 39.9 Å². The average molecular weight is 400 g/mol. The van der Waals surface area contributed by atoms with Crippen molar-refractivity contribution in [2.75, 3.05) is 5.32 Å². The average Bonchev–Trinajstić information content (AvgIpc) is 2.42. The number of anilines is 1. The molecule has 108 valence electrons. The van der Waals surface area contributed by atoms with Gasteiger partial charge < -0.3 is 5.32 Å². The number of hydrogen-bond acceptors (Lipinski definition) is 3. The number of nitro groups is 1. The van der Waals surface area contributed by atoms with E-state index in [4.69, 9.17) is 0 Å². The van der Waals surface area contributed by atoms with Gasteiger partial charge in [0.05, 0.1) is 16.2 Å². The number of carbonyl (C=O) groups excluding carboxylic acids is 1. The Balaban J connectivity index is 2.32. The Hall–Kier alpha value is -2.03. The molecular weight excluding hydrogens is 390 g/mol. The zero-order valence-corrected chi connectivity index (χ0v) is 13.0. The second kappa shape index (κ2) is 6.17. The van der Waals surface area contributed by atoms with E-state index >= 15 is 0 Å². The molecule has 0 atom stereocenters. The van der Waals surface area contributed by atoms with E-state index in [2.05, 4.69) is 5.32 Å². The smallest absolute Gasteiger partial charge is 0.270 e. The van der Waals surface area contributed by atoms with Crippen molar-refractivity contribution in [2.45, 2.75) is 6.92 Å². The molecule has 0 aromatic heterocycles. The van der Waals surface area contributed by atoms with E-state index in [1.54, 1.807) is 13.0 Å². The van der Waals surface area contributed by atoms with E-state index in [1.165, 1.54) is 30.3 Å². The van der Waals surface area contributed by atoms with E-state index in [-0.39, 0.29) is 16.9 Å². The standard InChI is InChI=1S/C14H10FIN2O3/c1-8-2-5-13(11(15)6-8)17-14(19)10-7-9(18(20)21)3-4-12(10)16/h2-7H,1H3,(H,17,19). The lowest BCUT2D eigenvalue weighted by molar-refractivity contribution is -0.384. The van der Waals surface area contributed by atoms with E-state index < -0.39 is 16.6 Å². The number of halogens is 2. The Morgan fingerprint density at radius 1 is 1.29 bits per heavy atom. The van der Waals surface area contributed by atoms with E-state index in [0.717, 1.165) is 5.56 Å². The van der Waals surface area contributed by atoms with Gasteiger partial charge in [-0.25, -0.2) is 4.39 Å². The fourth-order valence-corrected chi connectivity index (χ4v) is 2.29. The minimum atomic E-state index is -0.592. The van der Waals surface area contributed by atoms with Gasteiger partial charge >= 0.3 is 0 Å². The second-order valence-corrected chi connectivity index (χ2v) is 5.52. The van der Waals surface area contributed by atoms with Gasteiger partial charge in [0.15, 0.2) is 0 Å². The summed E-state index contributed by atoms with van der Waals surface area (Å²) in [5, 5.41) is 13.2. The van der Waals surface area contributed by atoms with E-state index in [9.17, 15) is 19.3 Å². The highest BCUT2D eigenvalue weighted by Crippen LogP contribution is 2.22. The molecule has 7 heteroatoms. The molecule has 2 aromatic carbocycles. The topological polar surface area (TPSA) is 72.2 Å². The van der Waals surface area contributed by atoms with Crippen LogP contribution in [0.5, 0.6) is 0 Å². The van der Waals surface area contributed by atoms with Crippen LogP contribution >= 0.6 is 22.6 Å². The second-order valence-electron chi connectivity index (χ2n) is 4.36. The molecule has 0 aliphatic rings. The predicted molar refractivity (Wildman–Crippen MR) is 84.9 cm³/mol. The summed E-state index contributed by atoms with van der Waals surface area (Å²) in [7, 11) is 0.